The van der Waals surface area contributed by atoms with Gasteiger partial charge in [0.05, 0.1) is 0 Å². The fourth-order valence-corrected chi connectivity index (χ4v) is 9.29. The van der Waals surface area contributed by atoms with Crippen LogP contribution in [0.15, 0.2) is 146 Å². The molecule has 0 amide bonds. The Morgan fingerprint density at radius 3 is 0.750 bits per heavy atom. The van der Waals surface area contributed by atoms with Crippen LogP contribution in [-0.4, -0.2) is 0 Å². The van der Waals surface area contributed by atoms with Crippen LogP contribution in [0.25, 0.3) is 0 Å². The second kappa shape index (κ2) is 13.0. The molecule has 0 nitrogen and oxygen atoms in total. The van der Waals surface area contributed by atoms with E-state index in [0.29, 0.717) is 11.8 Å². The molecule has 0 radical (unpaired) electrons. The van der Waals surface area contributed by atoms with Gasteiger partial charge in [-0.25, -0.2) is 0 Å². The predicted octanol–water partition coefficient (Wildman–Crippen LogP) is 11.5. The zero-order chi connectivity index (χ0) is 29.7. The molecule has 0 spiro atoms. The van der Waals surface area contributed by atoms with Gasteiger partial charge < -0.3 is 0 Å². The molecule has 222 valence electrons. The first kappa shape index (κ1) is 28.8. The smallest absolute Gasteiger partial charge is 0.0479 e. The highest BCUT2D eigenvalue weighted by Gasteiger charge is 2.46. The zero-order valence-corrected chi connectivity index (χ0v) is 26.1. The van der Waals surface area contributed by atoms with Crippen molar-refractivity contribution in [1.82, 2.24) is 0 Å². The third-order valence-electron chi connectivity index (χ3n) is 11.1. The molecule has 5 aromatic carbocycles. The van der Waals surface area contributed by atoms with Crippen LogP contribution in [0.5, 0.6) is 0 Å². The van der Waals surface area contributed by atoms with E-state index in [0.717, 1.165) is 0 Å². The Hall–Kier alpha value is -3.90. The Bertz CT molecular complexity index is 1370. The molecule has 2 saturated carbocycles. The van der Waals surface area contributed by atoms with Crippen molar-refractivity contribution in [2.24, 2.45) is 11.8 Å². The zero-order valence-electron chi connectivity index (χ0n) is 26.1. The molecule has 2 fully saturated rings. The quantitative estimate of drug-likeness (QED) is 0.162. The van der Waals surface area contributed by atoms with E-state index in [2.05, 4.69) is 146 Å². The molecule has 0 saturated heterocycles. The van der Waals surface area contributed by atoms with Crippen LogP contribution >= 0.6 is 0 Å². The fraction of sp³-hybridized carbons (Fsp3) is 0.318. The molecular weight excluding hydrogens is 528 g/mol. The third kappa shape index (κ3) is 5.03. The molecule has 0 unspecified atom stereocenters. The third-order valence-corrected chi connectivity index (χ3v) is 11.1. The monoisotopic (exact) mass is 574 g/mol. The summed E-state index contributed by atoms with van der Waals surface area (Å²) >= 11 is 0. The van der Waals surface area contributed by atoms with Gasteiger partial charge in [0, 0.05) is 10.8 Å². The first-order valence-electron chi connectivity index (χ1n) is 17.2. The van der Waals surface area contributed by atoms with Crippen molar-refractivity contribution in [1.29, 1.82) is 0 Å². The van der Waals surface area contributed by atoms with Crippen molar-refractivity contribution in [3.8, 4) is 0 Å². The predicted molar refractivity (Wildman–Crippen MR) is 185 cm³/mol. The molecule has 0 bridgehead atoms. The summed E-state index contributed by atoms with van der Waals surface area (Å²) in [6, 6.07) is 55.7. The summed E-state index contributed by atoms with van der Waals surface area (Å²) in [6.07, 6.45) is 13.1. The van der Waals surface area contributed by atoms with E-state index in [9.17, 15) is 0 Å². The highest BCUT2D eigenvalue weighted by molar-refractivity contribution is 5.56. The van der Waals surface area contributed by atoms with Gasteiger partial charge in [-0.1, -0.05) is 184 Å². The maximum atomic E-state index is 2.52. The van der Waals surface area contributed by atoms with Crippen molar-refractivity contribution in [2.75, 3.05) is 0 Å². The summed E-state index contributed by atoms with van der Waals surface area (Å²) in [4.78, 5) is 0. The average molecular weight is 575 g/mol. The Morgan fingerprint density at radius 1 is 0.273 bits per heavy atom. The standard InChI is InChI=1S/C44H46/c1-7-19-35(20-8-1)43(36-21-9-2-10-22-36,37-23-11-3-12-24-37)41-31-33-42(34-32-41)44(38-25-13-4-14-26-38,39-27-15-5-16-28-39)40-29-17-6-18-30-40/h1-2,4-5,7-10,13-16,19-22,25-28,31-34,37,40H,3,6,11-12,17-18,23-24,29-30H2. The highest BCUT2D eigenvalue weighted by atomic mass is 14.5. The van der Waals surface area contributed by atoms with Gasteiger partial charge in [0.25, 0.3) is 0 Å². The summed E-state index contributed by atoms with van der Waals surface area (Å²) < 4.78 is 0. The van der Waals surface area contributed by atoms with Gasteiger partial charge in [-0.2, -0.15) is 0 Å². The molecule has 0 heterocycles. The van der Waals surface area contributed by atoms with Crippen LogP contribution in [-0.2, 0) is 10.8 Å². The van der Waals surface area contributed by atoms with Gasteiger partial charge in [-0.15, -0.1) is 0 Å². The van der Waals surface area contributed by atoms with E-state index in [1.165, 1.54) is 97.6 Å². The van der Waals surface area contributed by atoms with Gasteiger partial charge in [0.15, 0.2) is 0 Å². The summed E-state index contributed by atoms with van der Waals surface area (Å²) in [5.74, 6) is 1.14. The van der Waals surface area contributed by atoms with Crippen molar-refractivity contribution in [2.45, 2.75) is 75.0 Å². The minimum atomic E-state index is -0.172. The molecule has 0 N–H and O–H groups in total. The molecule has 44 heavy (non-hydrogen) atoms. The lowest BCUT2D eigenvalue weighted by molar-refractivity contribution is 0.268. The average Bonchev–Trinajstić information content (AvgIpc) is 3.12. The van der Waals surface area contributed by atoms with E-state index in [1.807, 2.05) is 0 Å². The van der Waals surface area contributed by atoms with Gasteiger partial charge in [-0.05, 0) is 70.9 Å². The summed E-state index contributed by atoms with van der Waals surface area (Å²) in [6.45, 7) is 0. The van der Waals surface area contributed by atoms with Crippen molar-refractivity contribution in [3.05, 3.63) is 179 Å². The Labute approximate surface area is 265 Å². The number of hydrogen-bond donors (Lipinski definition) is 0. The molecule has 0 aromatic heterocycles. The van der Waals surface area contributed by atoms with Crippen LogP contribution < -0.4 is 0 Å². The van der Waals surface area contributed by atoms with Gasteiger partial charge in [-0.3, -0.25) is 0 Å². The van der Waals surface area contributed by atoms with Gasteiger partial charge in [0.2, 0.25) is 0 Å². The lowest BCUT2D eigenvalue weighted by atomic mass is 9.56. The van der Waals surface area contributed by atoms with Crippen molar-refractivity contribution >= 4 is 0 Å². The van der Waals surface area contributed by atoms with Crippen molar-refractivity contribution in [3.63, 3.8) is 0 Å². The molecule has 0 heteroatoms. The highest BCUT2D eigenvalue weighted by Crippen LogP contribution is 2.53. The van der Waals surface area contributed by atoms with E-state index >= 15 is 0 Å². The summed E-state index contributed by atoms with van der Waals surface area (Å²) in [5, 5.41) is 0. The molecule has 0 atom stereocenters. The molecule has 2 aliphatic carbocycles. The molecule has 5 aromatic rings. The van der Waals surface area contributed by atoms with Crippen LogP contribution in [0.2, 0.25) is 0 Å². The maximum absolute atomic E-state index is 2.52. The van der Waals surface area contributed by atoms with E-state index in [-0.39, 0.29) is 10.8 Å². The summed E-state index contributed by atoms with van der Waals surface area (Å²) in [7, 11) is 0. The van der Waals surface area contributed by atoms with Crippen LogP contribution in [0.1, 0.15) is 97.6 Å². The Morgan fingerprint density at radius 2 is 0.500 bits per heavy atom. The van der Waals surface area contributed by atoms with Gasteiger partial charge in [0.1, 0.15) is 0 Å². The SMILES string of the molecule is c1ccc(C(c2ccccc2)(c2ccc(C(c3ccccc3)(c3ccccc3)C3CCCCC3)cc2)C2CCCCC2)cc1. The lowest BCUT2D eigenvalue weighted by Crippen LogP contribution is -2.40. The Kier molecular flexibility index (Phi) is 8.52. The number of hydrogen-bond acceptors (Lipinski definition) is 0. The second-order valence-electron chi connectivity index (χ2n) is 13.3. The topological polar surface area (TPSA) is 0 Å². The maximum Gasteiger partial charge on any atom is 0.0479 e. The second-order valence-corrected chi connectivity index (χ2v) is 13.3. The number of benzene rings is 5. The fourth-order valence-electron chi connectivity index (χ4n) is 9.29. The normalized spacial score (nSPS) is 16.9. The molecule has 2 aliphatic rings. The van der Waals surface area contributed by atoms with E-state index < -0.39 is 0 Å². The molecule has 7 rings (SSSR count). The summed E-state index contributed by atoms with van der Waals surface area (Å²) in [5.41, 5.74) is 8.23. The molecular formula is C44H46. The van der Waals surface area contributed by atoms with E-state index in [4.69, 9.17) is 0 Å². The largest absolute Gasteiger partial charge is 0.0622 e. The van der Waals surface area contributed by atoms with E-state index in [1.54, 1.807) is 0 Å². The van der Waals surface area contributed by atoms with Crippen LogP contribution in [0.3, 0.4) is 0 Å². The van der Waals surface area contributed by atoms with Crippen molar-refractivity contribution < 1.29 is 0 Å². The minimum absolute atomic E-state index is 0.172. The molecule has 0 aliphatic heterocycles. The first-order chi connectivity index (χ1) is 21.8. The lowest BCUT2D eigenvalue weighted by Gasteiger charge is -2.46. The van der Waals surface area contributed by atoms with Gasteiger partial charge >= 0.3 is 0 Å². The van der Waals surface area contributed by atoms with Crippen LogP contribution in [0.4, 0.5) is 0 Å². The Balaban J connectivity index is 1.46. The number of rotatable bonds is 8. The first-order valence-corrected chi connectivity index (χ1v) is 17.2. The van der Waals surface area contributed by atoms with Crippen LogP contribution in [0, 0.1) is 11.8 Å². The minimum Gasteiger partial charge on any atom is -0.0622 e.